The maximum atomic E-state index is 10.5. The van der Waals surface area contributed by atoms with Gasteiger partial charge in [-0.2, -0.15) is 0 Å². The van der Waals surface area contributed by atoms with E-state index in [2.05, 4.69) is 37.9 Å². The van der Waals surface area contributed by atoms with Crippen LogP contribution in [0.4, 0.5) is 0 Å². The molecule has 2 rings (SSSR count). The Labute approximate surface area is 110 Å². The molecule has 7 heteroatoms. The molecular weight excluding hydrogens is 252 g/mol. The topological polar surface area (TPSA) is 94.0 Å². The highest BCUT2D eigenvalue weighted by Gasteiger charge is 2.67. The average Bonchev–Trinajstić information content (AvgIpc) is 2.55. The van der Waals surface area contributed by atoms with Gasteiger partial charge in [0.1, 0.15) is 0 Å². The van der Waals surface area contributed by atoms with Crippen LogP contribution in [-0.4, -0.2) is 31.7 Å². The van der Waals surface area contributed by atoms with Gasteiger partial charge in [0.25, 0.3) is 0 Å². The fraction of sp³-hybridized carbons (Fsp3) is 0.727. The molecule has 1 saturated carbocycles. The second kappa shape index (κ2) is 3.88. The van der Waals surface area contributed by atoms with Gasteiger partial charge in [0.2, 0.25) is 5.16 Å². The van der Waals surface area contributed by atoms with Gasteiger partial charge in [0, 0.05) is 5.92 Å². The van der Waals surface area contributed by atoms with Crippen LogP contribution in [0.3, 0.4) is 0 Å². The van der Waals surface area contributed by atoms with E-state index in [1.165, 1.54) is 4.68 Å². The first-order valence-corrected chi connectivity index (χ1v) is 6.73. The molecule has 0 spiro atoms. The fourth-order valence-electron chi connectivity index (χ4n) is 2.55. The molecule has 1 aromatic rings. The summed E-state index contributed by atoms with van der Waals surface area (Å²) in [5.74, 6) is 5.98. The third-order valence-electron chi connectivity index (χ3n) is 4.29. The number of aliphatic carboxylic acids is 1. The number of aromatic nitrogens is 3. The lowest BCUT2D eigenvalue weighted by atomic mass is 10.0. The molecule has 1 aromatic heterocycles. The quantitative estimate of drug-likeness (QED) is 0.633. The first-order valence-electron chi connectivity index (χ1n) is 5.74. The van der Waals surface area contributed by atoms with Crippen molar-refractivity contribution >= 4 is 17.7 Å². The van der Waals surface area contributed by atoms with Crippen molar-refractivity contribution in [1.82, 2.24) is 14.9 Å². The van der Waals surface area contributed by atoms with Gasteiger partial charge < -0.3 is 10.9 Å². The lowest BCUT2D eigenvalue weighted by Crippen LogP contribution is -2.15. The Morgan fingerprint density at radius 3 is 2.39 bits per heavy atom. The fourth-order valence-corrected chi connectivity index (χ4v) is 3.14. The number of thioether (sulfide) groups is 1. The summed E-state index contributed by atoms with van der Waals surface area (Å²) in [6.07, 6.45) is 0. The van der Waals surface area contributed by atoms with Crippen molar-refractivity contribution in [3.63, 3.8) is 0 Å². The molecule has 100 valence electrons. The van der Waals surface area contributed by atoms with Crippen LogP contribution in [0, 0.1) is 10.8 Å². The van der Waals surface area contributed by atoms with Crippen molar-refractivity contribution in [3.05, 3.63) is 5.82 Å². The minimum atomic E-state index is -0.892. The van der Waals surface area contributed by atoms with Crippen molar-refractivity contribution in [2.75, 3.05) is 11.6 Å². The molecule has 1 fully saturated rings. The third kappa shape index (κ3) is 1.77. The van der Waals surface area contributed by atoms with Crippen molar-refractivity contribution in [2.24, 2.45) is 10.8 Å². The average molecular weight is 270 g/mol. The molecule has 1 aliphatic rings. The number of carbonyl (C=O) groups is 1. The molecule has 0 amide bonds. The molecule has 3 N–H and O–H groups in total. The smallest absolute Gasteiger partial charge is 0.313 e. The second-order valence-electron chi connectivity index (χ2n) is 5.77. The van der Waals surface area contributed by atoms with E-state index in [4.69, 9.17) is 10.9 Å². The molecule has 0 aliphatic heterocycles. The van der Waals surface area contributed by atoms with Crippen molar-refractivity contribution in [1.29, 1.82) is 0 Å². The Bertz CT molecular complexity index is 481. The first kappa shape index (κ1) is 13.2. The molecule has 18 heavy (non-hydrogen) atoms. The van der Waals surface area contributed by atoms with E-state index < -0.39 is 5.97 Å². The number of nitrogen functional groups attached to an aromatic ring is 1. The summed E-state index contributed by atoms with van der Waals surface area (Å²) >= 11 is 1.09. The van der Waals surface area contributed by atoms with Gasteiger partial charge in [0.15, 0.2) is 5.82 Å². The summed E-state index contributed by atoms with van der Waals surface area (Å²) in [6, 6.07) is 0. The predicted octanol–water partition coefficient (Wildman–Crippen LogP) is 1.32. The maximum Gasteiger partial charge on any atom is 0.313 e. The number of carboxylic acids is 1. The highest BCUT2D eigenvalue weighted by molar-refractivity contribution is 7.99. The largest absolute Gasteiger partial charge is 0.481 e. The zero-order valence-corrected chi connectivity index (χ0v) is 11.8. The molecule has 1 aliphatic carbocycles. The van der Waals surface area contributed by atoms with Crippen molar-refractivity contribution < 1.29 is 9.90 Å². The lowest BCUT2D eigenvalue weighted by Gasteiger charge is -2.03. The number of carboxylic acid groups (broad SMARTS) is 1. The molecule has 0 radical (unpaired) electrons. The molecule has 1 heterocycles. The van der Waals surface area contributed by atoms with Crippen molar-refractivity contribution in [3.8, 4) is 0 Å². The highest BCUT2D eigenvalue weighted by Crippen LogP contribution is 2.73. The monoisotopic (exact) mass is 270 g/mol. The minimum absolute atomic E-state index is 0.0627. The first-order chi connectivity index (χ1) is 8.19. The van der Waals surface area contributed by atoms with E-state index in [9.17, 15) is 4.79 Å². The lowest BCUT2D eigenvalue weighted by molar-refractivity contribution is -0.133. The maximum absolute atomic E-state index is 10.5. The Hall–Kier alpha value is -1.24. The van der Waals surface area contributed by atoms with Crippen LogP contribution in [0.2, 0.25) is 0 Å². The summed E-state index contributed by atoms with van der Waals surface area (Å²) in [5, 5.41) is 17.2. The number of nitrogens with two attached hydrogens (primary N) is 1. The SMILES string of the molecule is CC1(C)C(c2nnc(SCC(=O)O)n2N)C1(C)C. The van der Waals surface area contributed by atoms with Crippen LogP contribution < -0.4 is 5.84 Å². The van der Waals surface area contributed by atoms with Gasteiger partial charge in [-0.1, -0.05) is 39.5 Å². The molecular formula is C11H18N4O2S. The summed E-state index contributed by atoms with van der Waals surface area (Å²) in [5.41, 5.74) is 0.262. The molecule has 0 atom stereocenters. The van der Waals surface area contributed by atoms with Crippen LogP contribution in [0.15, 0.2) is 5.16 Å². The van der Waals surface area contributed by atoms with Crippen LogP contribution in [-0.2, 0) is 4.79 Å². The van der Waals surface area contributed by atoms with E-state index in [1.807, 2.05) is 0 Å². The van der Waals surface area contributed by atoms with Gasteiger partial charge in [-0.25, -0.2) is 4.68 Å². The molecule has 0 saturated heterocycles. The van der Waals surface area contributed by atoms with Gasteiger partial charge in [-0.05, 0) is 10.8 Å². The molecule has 0 aromatic carbocycles. The number of rotatable bonds is 4. The van der Waals surface area contributed by atoms with Crippen molar-refractivity contribution in [2.45, 2.75) is 38.8 Å². The van der Waals surface area contributed by atoms with Gasteiger partial charge >= 0.3 is 5.97 Å². The van der Waals surface area contributed by atoms with Crippen LogP contribution in [0.5, 0.6) is 0 Å². The van der Waals surface area contributed by atoms with E-state index in [0.717, 1.165) is 17.6 Å². The number of hydrogen-bond donors (Lipinski definition) is 2. The third-order valence-corrected chi connectivity index (χ3v) is 5.22. The summed E-state index contributed by atoms with van der Waals surface area (Å²) < 4.78 is 1.43. The van der Waals surface area contributed by atoms with Crippen LogP contribution in [0.25, 0.3) is 0 Å². The normalized spacial score (nSPS) is 20.9. The van der Waals surface area contributed by atoms with E-state index in [0.29, 0.717) is 5.16 Å². The Morgan fingerprint density at radius 1 is 1.39 bits per heavy atom. The van der Waals surface area contributed by atoms with E-state index in [-0.39, 0.29) is 22.5 Å². The van der Waals surface area contributed by atoms with Crippen LogP contribution >= 0.6 is 11.8 Å². The molecule has 6 nitrogen and oxygen atoms in total. The summed E-state index contributed by atoms with van der Waals surface area (Å²) in [7, 11) is 0. The zero-order valence-electron chi connectivity index (χ0n) is 11.0. The molecule has 0 bridgehead atoms. The Balaban J connectivity index is 2.20. The summed E-state index contributed by atoms with van der Waals surface area (Å²) in [6.45, 7) is 8.71. The van der Waals surface area contributed by atoms with Gasteiger partial charge in [-0.15, -0.1) is 10.2 Å². The van der Waals surface area contributed by atoms with E-state index >= 15 is 0 Å². The number of hydrogen-bond acceptors (Lipinski definition) is 5. The zero-order chi connectivity index (χ0) is 13.7. The number of nitrogens with zero attached hydrogens (tertiary/aromatic N) is 3. The predicted molar refractivity (Wildman–Crippen MR) is 68.8 cm³/mol. The molecule has 0 unspecified atom stereocenters. The Kier molecular flexibility index (Phi) is 2.84. The van der Waals surface area contributed by atoms with Gasteiger partial charge in [-0.3, -0.25) is 4.79 Å². The van der Waals surface area contributed by atoms with Crippen LogP contribution in [0.1, 0.15) is 39.4 Å². The second-order valence-corrected chi connectivity index (χ2v) is 6.71. The van der Waals surface area contributed by atoms with Gasteiger partial charge in [0.05, 0.1) is 5.75 Å². The Morgan fingerprint density at radius 2 is 1.94 bits per heavy atom. The van der Waals surface area contributed by atoms with E-state index in [1.54, 1.807) is 0 Å². The minimum Gasteiger partial charge on any atom is -0.481 e. The standard InChI is InChI=1S/C11H18N4O2S/c1-10(2)7(11(10,3)4)8-13-14-9(15(8)12)18-5-6(16)17/h7H,5,12H2,1-4H3,(H,16,17). The highest BCUT2D eigenvalue weighted by atomic mass is 32.2. The summed E-state index contributed by atoms with van der Waals surface area (Å²) in [4.78, 5) is 10.5.